The fourth-order valence-electron chi connectivity index (χ4n) is 1.77. The molecule has 1 unspecified atom stereocenters. The van der Waals surface area contributed by atoms with Crippen LogP contribution >= 0.6 is 0 Å². The van der Waals surface area contributed by atoms with E-state index in [2.05, 4.69) is 4.98 Å². The maximum Gasteiger partial charge on any atom is 0.363 e. The van der Waals surface area contributed by atoms with E-state index in [1.807, 2.05) is 0 Å². The molecule has 1 heterocycles. The van der Waals surface area contributed by atoms with Gasteiger partial charge in [0.2, 0.25) is 0 Å². The predicted molar refractivity (Wildman–Crippen MR) is 67.2 cm³/mol. The number of hydrogen-bond donors (Lipinski definition) is 1. The Bertz CT molecular complexity index is 571. The van der Waals surface area contributed by atoms with Crippen LogP contribution in [0.25, 0.3) is 0 Å². The highest BCUT2D eigenvalue weighted by molar-refractivity contribution is 6.05. The second-order valence-corrected chi connectivity index (χ2v) is 4.21. The summed E-state index contributed by atoms with van der Waals surface area (Å²) < 4.78 is 4.77. The summed E-state index contributed by atoms with van der Waals surface area (Å²) >= 11 is 0. The van der Waals surface area contributed by atoms with Gasteiger partial charge in [0.15, 0.2) is 11.1 Å². The molecule has 20 heavy (non-hydrogen) atoms. The predicted octanol–water partition coefficient (Wildman–Crippen LogP) is 1.20. The molecule has 0 amide bonds. The Labute approximate surface area is 114 Å². The Morgan fingerprint density at radius 2 is 2.10 bits per heavy atom. The molecule has 0 bridgehead atoms. The number of aryl methyl sites for hydroxylation is 1. The highest BCUT2D eigenvalue weighted by atomic mass is 16.6. The van der Waals surface area contributed by atoms with Crippen molar-refractivity contribution >= 4 is 17.8 Å². The topological polar surface area (TPSA) is 120 Å². The van der Waals surface area contributed by atoms with Gasteiger partial charge in [-0.1, -0.05) is 0 Å². The molecular formula is C12H14N2O6. The number of carbonyl (C=O) groups is 2. The Kier molecular flexibility index (Phi) is 4.38. The van der Waals surface area contributed by atoms with Crippen LogP contribution in [0.5, 0.6) is 0 Å². The van der Waals surface area contributed by atoms with Gasteiger partial charge in [-0.25, -0.2) is 0 Å². The SMILES string of the molecule is CCOC(=O)C(C)(C(=O)O)c1ccc([N+](=O)[O-])nc1C. The Balaban J connectivity index is 3.40. The summed E-state index contributed by atoms with van der Waals surface area (Å²) in [5.74, 6) is -2.76. The number of rotatable bonds is 5. The third kappa shape index (κ3) is 2.58. The van der Waals surface area contributed by atoms with E-state index in [-0.39, 0.29) is 17.9 Å². The smallest absolute Gasteiger partial charge is 0.363 e. The molecule has 1 N–H and O–H groups in total. The number of aliphatic carboxylic acids is 1. The number of hydrogen-bond acceptors (Lipinski definition) is 6. The lowest BCUT2D eigenvalue weighted by Crippen LogP contribution is -2.43. The molecule has 0 saturated carbocycles. The van der Waals surface area contributed by atoms with Gasteiger partial charge in [0.25, 0.3) is 0 Å². The number of carboxylic acid groups (broad SMARTS) is 1. The van der Waals surface area contributed by atoms with E-state index in [0.29, 0.717) is 0 Å². The average Bonchev–Trinajstić information content (AvgIpc) is 2.37. The van der Waals surface area contributed by atoms with E-state index in [1.165, 1.54) is 19.9 Å². The fraction of sp³-hybridized carbons (Fsp3) is 0.417. The van der Waals surface area contributed by atoms with E-state index in [9.17, 15) is 24.8 Å². The van der Waals surface area contributed by atoms with E-state index < -0.39 is 28.1 Å². The normalized spacial score (nSPS) is 13.3. The van der Waals surface area contributed by atoms with E-state index in [4.69, 9.17) is 4.74 Å². The lowest BCUT2D eigenvalue weighted by molar-refractivity contribution is -0.389. The maximum atomic E-state index is 11.9. The van der Waals surface area contributed by atoms with Gasteiger partial charge in [-0.05, 0) is 29.8 Å². The van der Waals surface area contributed by atoms with Crippen molar-refractivity contribution in [1.82, 2.24) is 4.98 Å². The molecule has 1 atom stereocenters. The van der Waals surface area contributed by atoms with Crippen LogP contribution < -0.4 is 0 Å². The number of carboxylic acids is 1. The maximum absolute atomic E-state index is 11.9. The summed E-state index contributed by atoms with van der Waals surface area (Å²) in [6.45, 7) is 4.17. The van der Waals surface area contributed by atoms with Crippen molar-refractivity contribution in [2.45, 2.75) is 26.2 Å². The van der Waals surface area contributed by atoms with Gasteiger partial charge >= 0.3 is 17.8 Å². The van der Waals surface area contributed by atoms with E-state index in [1.54, 1.807) is 6.92 Å². The third-order valence-electron chi connectivity index (χ3n) is 2.91. The quantitative estimate of drug-likeness (QED) is 0.373. The number of pyridine rings is 1. The van der Waals surface area contributed by atoms with Crippen molar-refractivity contribution in [3.63, 3.8) is 0 Å². The molecule has 0 aromatic carbocycles. The molecule has 8 heteroatoms. The standard InChI is InChI=1S/C12H14N2O6/c1-4-20-11(17)12(3,10(15)16)8-5-6-9(14(18)19)13-7(8)2/h5-6H,4H2,1-3H3,(H,15,16). The van der Waals surface area contributed by atoms with Gasteiger partial charge in [-0.3, -0.25) is 9.59 Å². The number of esters is 1. The van der Waals surface area contributed by atoms with Crippen LogP contribution in [0.2, 0.25) is 0 Å². The molecule has 1 rings (SSSR count). The first-order valence-electron chi connectivity index (χ1n) is 5.78. The van der Waals surface area contributed by atoms with Gasteiger partial charge in [0.1, 0.15) is 0 Å². The summed E-state index contributed by atoms with van der Waals surface area (Å²) in [6, 6.07) is 2.27. The number of nitro groups is 1. The molecule has 0 spiro atoms. The Morgan fingerprint density at radius 3 is 2.50 bits per heavy atom. The first kappa shape index (κ1) is 15.5. The summed E-state index contributed by atoms with van der Waals surface area (Å²) in [5.41, 5.74) is -1.80. The van der Waals surface area contributed by atoms with Crippen LogP contribution in [0.4, 0.5) is 5.82 Å². The lowest BCUT2D eigenvalue weighted by atomic mass is 9.81. The number of ether oxygens (including phenoxy) is 1. The minimum Gasteiger partial charge on any atom is -0.480 e. The zero-order valence-corrected chi connectivity index (χ0v) is 11.2. The van der Waals surface area contributed by atoms with Crippen LogP contribution in [-0.2, 0) is 19.7 Å². The van der Waals surface area contributed by atoms with Crippen molar-refractivity contribution < 1.29 is 24.4 Å². The van der Waals surface area contributed by atoms with Crippen LogP contribution in [-0.4, -0.2) is 33.6 Å². The first-order valence-corrected chi connectivity index (χ1v) is 5.78. The van der Waals surface area contributed by atoms with Gasteiger partial charge in [-0.2, -0.15) is 0 Å². The third-order valence-corrected chi connectivity index (χ3v) is 2.91. The lowest BCUT2D eigenvalue weighted by Gasteiger charge is -2.22. The van der Waals surface area contributed by atoms with E-state index in [0.717, 1.165) is 6.07 Å². The molecule has 0 radical (unpaired) electrons. The molecule has 1 aromatic rings. The summed E-state index contributed by atoms with van der Waals surface area (Å²) in [5, 5.41) is 19.9. The van der Waals surface area contributed by atoms with Crippen LogP contribution in [0, 0.1) is 17.0 Å². The molecule has 0 aliphatic rings. The monoisotopic (exact) mass is 282 g/mol. The zero-order valence-electron chi connectivity index (χ0n) is 11.2. The van der Waals surface area contributed by atoms with Crippen LogP contribution in [0.15, 0.2) is 12.1 Å². The van der Waals surface area contributed by atoms with Crippen LogP contribution in [0.3, 0.4) is 0 Å². The second-order valence-electron chi connectivity index (χ2n) is 4.21. The minimum absolute atomic E-state index is 0.0289. The molecule has 0 fully saturated rings. The molecule has 1 aromatic heterocycles. The molecule has 0 aliphatic carbocycles. The highest BCUT2D eigenvalue weighted by Crippen LogP contribution is 2.29. The van der Waals surface area contributed by atoms with Gasteiger partial charge in [0, 0.05) is 18.6 Å². The second kappa shape index (κ2) is 5.64. The minimum atomic E-state index is -1.96. The molecular weight excluding hydrogens is 268 g/mol. The van der Waals surface area contributed by atoms with Gasteiger partial charge in [0.05, 0.1) is 6.61 Å². The van der Waals surface area contributed by atoms with Crippen molar-refractivity contribution in [2.24, 2.45) is 0 Å². The van der Waals surface area contributed by atoms with Crippen molar-refractivity contribution in [3.8, 4) is 0 Å². The van der Waals surface area contributed by atoms with Gasteiger partial charge in [-0.15, -0.1) is 0 Å². The summed E-state index contributed by atoms with van der Waals surface area (Å²) in [4.78, 5) is 37.0. The largest absolute Gasteiger partial charge is 0.480 e. The van der Waals surface area contributed by atoms with Crippen molar-refractivity contribution in [3.05, 3.63) is 33.5 Å². The molecule has 0 saturated heterocycles. The summed E-state index contributed by atoms with van der Waals surface area (Å²) in [7, 11) is 0. The Hall–Kier alpha value is -2.51. The number of aromatic nitrogens is 1. The van der Waals surface area contributed by atoms with Crippen LogP contribution in [0.1, 0.15) is 25.1 Å². The van der Waals surface area contributed by atoms with Gasteiger partial charge < -0.3 is 20.0 Å². The zero-order chi connectivity index (χ0) is 15.5. The molecule has 8 nitrogen and oxygen atoms in total. The van der Waals surface area contributed by atoms with Crippen molar-refractivity contribution in [1.29, 1.82) is 0 Å². The highest BCUT2D eigenvalue weighted by Gasteiger charge is 2.47. The number of carbonyl (C=O) groups excluding carboxylic acids is 1. The number of nitrogens with zero attached hydrogens (tertiary/aromatic N) is 2. The molecule has 108 valence electrons. The molecule has 0 aliphatic heterocycles. The summed E-state index contributed by atoms with van der Waals surface area (Å²) in [6.07, 6.45) is 0. The fourth-order valence-corrected chi connectivity index (χ4v) is 1.77. The average molecular weight is 282 g/mol. The first-order chi connectivity index (χ1) is 9.25. The van der Waals surface area contributed by atoms with E-state index >= 15 is 0 Å². The van der Waals surface area contributed by atoms with Crippen molar-refractivity contribution in [2.75, 3.05) is 6.61 Å². The Morgan fingerprint density at radius 1 is 1.50 bits per heavy atom.